The maximum Gasteiger partial charge on any atom is 0.310 e. The summed E-state index contributed by atoms with van der Waals surface area (Å²) in [6.07, 6.45) is 3.37. The maximum absolute atomic E-state index is 12.0. The van der Waals surface area contributed by atoms with Crippen molar-refractivity contribution in [3.63, 3.8) is 0 Å². The van der Waals surface area contributed by atoms with Crippen molar-refractivity contribution in [2.24, 2.45) is 11.3 Å². The van der Waals surface area contributed by atoms with Crippen LogP contribution in [0.1, 0.15) is 40.0 Å². The van der Waals surface area contributed by atoms with Crippen molar-refractivity contribution < 1.29 is 9.53 Å². The largest absolute Gasteiger partial charge is 0.460 e. The lowest BCUT2D eigenvalue weighted by Crippen LogP contribution is -2.57. The number of rotatable bonds is 1. The Kier molecular flexibility index (Phi) is 2.53. The summed E-state index contributed by atoms with van der Waals surface area (Å²) in [6.45, 7) is 7.80. The first-order valence-electron chi connectivity index (χ1n) is 5.87. The second kappa shape index (κ2) is 3.48. The lowest BCUT2D eigenvalue weighted by atomic mass is 9.73. The van der Waals surface area contributed by atoms with Crippen LogP contribution in [0.4, 0.5) is 0 Å². The minimum absolute atomic E-state index is 0.0153. The number of carbonyl (C=O) groups excluding carboxylic acids is 1. The van der Waals surface area contributed by atoms with E-state index in [1.165, 1.54) is 12.8 Å². The zero-order chi connectivity index (χ0) is 11.1. The van der Waals surface area contributed by atoms with E-state index in [1.54, 1.807) is 0 Å². The van der Waals surface area contributed by atoms with Gasteiger partial charge in [-0.05, 0) is 33.6 Å². The van der Waals surface area contributed by atoms with E-state index in [9.17, 15) is 4.79 Å². The second-order valence-electron chi connectivity index (χ2n) is 5.94. The Labute approximate surface area is 91.6 Å². The zero-order valence-corrected chi connectivity index (χ0v) is 9.93. The fourth-order valence-electron chi connectivity index (χ4n) is 2.75. The molecule has 1 atom stereocenters. The molecule has 2 fully saturated rings. The van der Waals surface area contributed by atoms with Gasteiger partial charge in [0.1, 0.15) is 5.60 Å². The Balaban J connectivity index is 2.01. The van der Waals surface area contributed by atoms with Gasteiger partial charge >= 0.3 is 5.97 Å². The molecule has 1 unspecified atom stereocenters. The number of ether oxygens (including phenoxy) is 1. The molecule has 1 heterocycles. The van der Waals surface area contributed by atoms with Crippen molar-refractivity contribution in [3.8, 4) is 0 Å². The molecule has 0 aromatic carbocycles. The molecule has 1 aliphatic carbocycles. The summed E-state index contributed by atoms with van der Waals surface area (Å²) in [4.78, 5) is 12.0. The predicted molar refractivity (Wildman–Crippen MR) is 58.5 cm³/mol. The van der Waals surface area contributed by atoms with Gasteiger partial charge in [0.25, 0.3) is 0 Å². The van der Waals surface area contributed by atoms with Gasteiger partial charge in [0.05, 0.1) is 5.92 Å². The molecule has 0 amide bonds. The predicted octanol–water partition coefficient (Wildman–Crippen LogP) is 1.72. The molecule has 0 aromatic heterocycles. The lowest BCUT2D eigenvalue weighted by Gasteiger charge is -2.43. The van der Waals surface area contributed by atoms with Gasteiger partial charge in [-0.25, -0.2) is 0 Å². The van der Waals surface area contributed by atoms with E-state index in [0.717, 1.165) is 19.5 Å². The van der Waals surface area contributed by atoms with Gasteiger partial charge in [0, 0.05) is 18.5 Å². The molecule has 3 nitrogen and oxygen atoms in total. The van der Waals surface area contributed by atoms with Gasteiger partial charge in [-0.3, -0.25) is 4.79 Å². The molecular weight excluding hydrogens is 190 g/mol. The van der Waals surface area contributed by atoms with Crippen LogP contribution in [0, 0.1) is 11.3 Å². The molecule has 1 saturated carbocycles. The van der Waals surface area contributed by atoms with Crippen molar-refractivity contribution in [1.82, 2.24) is 5.32 Å². The summed E-state index contributed by atoms with van der Waals surface area (Å²) in [6, 6.07) is 0. The van der Waals surface area contributed by atoms with Crippen molar-refractivity contribution in [2.45, 2.75) is 45.6 Å². The summed E-state index contributed by atoms with van der Waals surface area (Å²) >= 11 is 0. The molecule has 15 heavy (non-hydrogen) atoms. The van der Waals surface area contributed by atoms with E-state index in [1.807, 2.05) is 20.8 Å². The summed E-state index contributed by atoms with van der Waals surface area (Å²) in [7, 11) is 0. The van der Waals surface area contributed by atoms with Crippen LogP contribution in [-0.2, 0) is 9.53 Å². The van der Waals surface area contributed by atoms with Gasteiger partial charge in [0.15, 0.2) is 0 Å². The summed E-state index contributed by atoms with van der Waals surface area (Å²) in [5, 5.41) is 3.28. The highest BCUT2D eigenvalue weighted by Crippen LogP contribution is 2.47. The molecular formula is C12H21NO2. The molecule has 0 radical (unpaired) electrons. The van der Waals surface area contributed by atoms with Crippen LogP contribution in [0.15, 0.2) is 0 Å². The average Bonchev–Trinajstić information content (AvgIpc) is 2.42. The molecule has 0 aromatic rings. The van der Waals surface area contributed by atoms with Crippen LogP contribution in [0.3, 0.4) is 0 Å². The molecule has 86 valence electrons. The smallest absolute Gasteiger partial charge is 0.310 e. The summed E-state index contributed by atoms with van der Waals surface area (Å²) in [5.41, 5.74) is -0.111. The zero-order valence-electron chi connectivity index (χ0n) is 9.93. The highest BCUT2D eigenvalue weighted by atomic mass is 16.6. The van der Waals surface area contributed by atoms with E-state index in [-0.39, 0.29) is 22.9 Å². The molecule has 2 aliphatic rings. The highest BCUT2D eigenvalue weighted by molar-refractivity contribution is 5.74. The SMILES string of the molecule is CC(C)(C)OC(=O)C1CCCC12CNC2. The topological polar surface area (TPSA) is 38.3 Å². The van der Waals surface area contributed by atoms with Crippen LogP contribution in [0.25, 0.3) is 0 Å². The van der Waals surface area contributed by atoms with Gasteiger partial charge in [0.2, 0.25) is 0 Å². The van der Waals surface area contributed by atoms with Crippen LogP contribution in [0.5, 0.6) is 0 Å². The molecule has 2 rings (SSSR count). The number of esters is 1. The van der Waals surface area contributed by atoms with Crippen LogP contribution in [-0.4, -0.2) is 24.7 Å². The highest BCUT2D eigenvalue weighted by Gasteiger charge is 2.51. The Morgan fingerprint density at radius 1 is 1.40 bits per heavy atom. The standard InChI is InChI=1S/C12H21NO2/c1-11(2,3)15-10(14)9-5-4-6-12(9)7-13-8-12/h9,13H,4-8H2,1-3H3. The minimum atomic E-state index is -0.349. The normalized spacial score (nSPS) is 28.9. The Morgan fingerprint density at radius 3 is 2.53 bits per heavy atom. The first kappa shape index (κ1) is 10.9. The van der Waals surface area contributed by atoms with Crippen LogP contribution in [0.2, 0.25) is 0 Å². The molecule has 0 bridgehead atoms. The Hall–Kier alpha value is -0.570. The molecule has 1 spiro atoms. The van der Waals surface area contributed by atoms with E-state index < -0.39 is 0 Å². The third-order valence-electron chi connectivity index (χ3n) is 3.55. The average molecular weight is 211 g/mol. The van der Waals surface area contributed by atoms with Crippen molar-refractivity contribution in [2.75, 3.05) is 13.1 Å². The molecule has 3 heteroatoms. The fourth-order valence-corrected chi connectivity index (χ4v) is 2.75. The Bertz CT molecular complexity index is 263. The van der Waals surface area contributed by atoms with Crippen molar-refractivity contribution in [3.05, 3.63) is 0 Å². The van der Waals surface area contributed by atoms with Gasteiger partial charge < -0.3 is 10.1 Å². The first-order chi connectivity index (χ1) is 6.93. The number of hydrogen-bond donors (Lipinski definition) is 1. The van der Waals surface area contributed by atoms with Crippen molar-refractivity contribution >= 4 is 5.97 Å². The van der Waals surface area contributed by atoms with Gasteiger partial charge in [-0.1, -0.05) is 6.42 Å². The summed E-state index contributed by atoms with van der Waals surface area (Å²) in [5.74, 6) is 0.152. The first-order valence-corrected chi connectivity index (χ1v) is 5.87. The third kappa shape index (κ3) is 2.03. The Morgan fingerprint density at radius 2 is 2.07 bits per heavy atom. The van der Waals surface area contributed by atoms with Gasteiger partial charge in [-0.15, -0.1) is 0 Å². The monoisotopic (exact) mass is 211 g/mol. The third-order valence-corrected chi connectivity index (χ3v) is 3.55. The summed E-state index contributed by atoms with van der Waals surface area (Å²) < 4.78 is 5.49. The number of nitrogens with one attached hydrogen (secondary N) is 1. The van der Waals surface area contributed by atoms with E-state index >= 15 is 0 Å². The molecule has 1 N–H and O–H groups in total. The van der Waals surface area contributed by atoms with E-state index in [4.69, 9.17) is 4.74 Å². The molecule has 1 aliphatic heterocycles. The van der Waals surface area contributed by atoms with E-state index in [0.29, 0.717) is 0 Å². The molecule has 1 saturated heterocycles. The number of hydrogen-bond acceptors (Lipinski definition) is 3. The quantitative estimate of drug-likeness (QED) is 0.671. The minimum Gasteiger partial charge on any atom is -0.460 e. The fraction of sp³-hybridized carbons (Fsp3) is 0.917. The van der Waals surface area contributed by atoms with E-state index in [2.05, 4.69) is 5.32 Å². The lowest BCUT2D eigenvalue weighted by molar-refractivity contribution is -0.165. The van der Waals surface area contributed by atoms with Crippen LogP contribution < -0.4 is 5.32 Å². The second-order valence-corrected chi connectivity index (χ2v) is 5.94. The van der Waals surface area contributed by atoms with Crippen LogP contribution >= 0.6 is 0 Å². The number of carbonyl (C=O) groups is 1. The maximum atomic E-state index is 12.0. The van der Waals surface area contributed by atoms with Gasteiger partial charge in [-0.2, -0.15) is 0 Å². The van der Waals surface area contributed by atoms with Crippen molar-refractivity contribution in [1.29, 1.82) is 0 Å².